The maximum Gasteiger partial charge on any atom is 0.319 e. The number of thiazole rings is 1. The van der Waals surface area contributed by atoms with E-state index in [2.05, 4.69) is 31.2 Å². The van der Waals surface area contributed by atoms with Crippen molar-refractivity contribution in [2.24, 2.45) is 0 Å². The average Bonchev–Trinajstić information content (AvgIpc) is 3.23. The summed E-state index contributed by atoms with van der Waals surface area (Å²) < 4.78 is 4.98. The summed E-state index contributed by atoms with van der Waals surface area (Å²) in [6.45, 7) is 3.78. The minimum Gasteiger partial charge on any atom is -0.384 e. The lowest BCUT2D eigenvalue weighted by atomic mass is 10.2. The number of amides is 3. The van der Waals surface area contributed by atoms with Crippen LogP contribution in [0.4, 0.5) is 22.1 Å². The number of ether oxygens (including phenoxy) is 1. The number of aromatic nitrogens is 2. The molecule has 3 rings (SSSR count). The van der Waals surface area contributed by atoms with E-state index in [1.807, 2.05) is 19.1 Å². The van der Waals surface area contributed by atoms with Crippen LogP contribution in [0.15, 0.2) is 42.6 Å². The van der Waals surface area contributed by atoms with E-state index in [1.54, 1.807) is 37.6 Å². The number of rotatable bonds is 10. The molecule has 10 nitrogen and oxygen atoms in total. The Morgan fingerprint density at radius 3 is 2.58 bits per heavy atom. The molecule has 0 aliphatic heterocycles. The molecule has 33 heavy (non-hydrogen) atoms. The summed E-state index contributed by atoms with van der Waals surface area (Å²) in [5.74, 6) is 0.782. The monoisotopic (exact) mass is 469 g/mol. The summed E-state index contributed by atoms with van der Waals surface area (Å²) in [5.41, 5.74) is 7.88. The minimum absolute atomic E-state index is 0.196. The summed E-state index contributed by atoms with van der Waals surface area (Å²) in [7, 11) is 1.58. The number of carbonyl (C=O) groups excluding carboxylic acids is 2. The maximum atomic E-state index is 12.5. The summed E-state index contributed by atoms with van der Waals surface area (Å²) in [6, 6.07) is 10.4. The highest BCUT2D eigenvalue weighted by atomic mass is 32.1. The Bertz CT molecular complexity index is 1070. The largest absolute Gasteiger partial charge is 0.384 e. The lowest BCUT2D eigenvalue weighted by Crippen LogP contribution is -2.28. The molecule has 6 N–H and O–H groups in total. The van der Waals surface area contributed by atoms with Crippen molar-refractivity contribution in [3.05, 3.63) is 53.0 Å². The van der Waals surface area contributed by atoms with E-state index in [4.69, 9.17) is 10.5 Å². The van der Waals surface area contributed by atoms with Gasteiger partial charge in [-0.1, -0.05) is 6.07 Å². The first-order valence-electron chi connectivity index (χ1n) is 10.4. The molecule has 11 heteroatoms. The first-order chi connectivity index (χ1) is 16.0. The minimum atomic E-state index is -0.335. The number of pyridine rings is 1. The van der Waals surface area contributed by atoms with E-state index in [-0.39, 0.29) is 11.9 Å². The highest BCUT2D eigenvalue weighted by molar-refractivity contribution is 7.17. The van der Waals surface area contributed by atoms with Crippen LogP contribution in [-0.4, -0.2) is 48.7 Å². The van der Waals surface area contributed by atoms with Gasteiger partial charge in [-0.2, -0.15) is 0 Å². The molecule has 1 aromatic carbocycles. The Balaban J connectivity index is 1.62. The van der Waals surface area contributed by atoms with Crippen molar-refractivity contribution in [3.63, 3.8) is 0 Å². The Morgan fingerprint density at radius 1 is 1.12 bits per heavy atom. The lowest BCUT2D eigenvalue weighted by Gasteiger charge is -2.08. The topological polar surface area (TPSA) is 143 Å². The number of nitrogen functional groups attached to an aromatic ring is 1. The van der Waals surface area contributed by atoms with Gasteiger partial charge in [-0.05, 0) is 42.8 Å². The average molecular weight is 470 g/mol. The summed E-state index contributed by atoms with van der Waals surface area (Å²) in [6.07, 6.45) is 1.62. The molecule has 0 aliphatic carbocycles. The highest BCUT2D eigenvalue weighted by Gasteiger charge is 2.18. The number of anilines is 3. The van der Waals surface area contributed by atoms with Crippen LogP contribution in [-0.2, 0) is 11.3 Å². The molecule has 3 aromatic rings. The molecule has 0 saturated heterocycles. The molecule has 3 amide bonds. The summed E-state index contributed by atoms with van der Waals surface area (Å²) >= 11 is 1.30. The van der Waals surface area contributed by atoms with E-state index < -0.39 is 0 Å². The van der Waals surface area contributed by atoms with Crippen LogP contribution < -0.4 is 27.0 Å². The van der Waals surface area contributed by atoms with Crippen LogP contribution in [0.2, 0.25) is 0 Å². The van der Waals surface area contributed by atoms with Crippen molar-refractivity contribution in [3.8, 4) is 10.6 Å². The Morgan fingerprint density at radius 2 is 1.91 bits per heavy atom. The van der Waals surface area contributed by atoms with Gasteiger partial charge in [-0.25, -0.2) is 14.8 Å². The van der Waals surface area contributed by atoms with E-state index in [0.29, 0.717) is 53.4 Å². The predicted molar refractivity (Wildman–Crippen MR) is 130 cm³/mol. The smallest absolute Gasteiger partial charge is 0.319 e. The number of nitrogens with two attached hydrogens (primary N) is 1. The van der Waals surface area contributed by atoms with Gasteiger partial charge in [0.15, 0.2) is 5.82 Å². The number of nitrogens with one attached hydrogen (secondary N) is 4. The van der Waals surface area contributed by atoms with Crippen LogP contribution in [0, 0.1) is 0 Å². The predicted octanol–water partition coefficient (Wildman–Crippen LogP) is 2.92. The fraction of sp³-hybridized carbons (Fsp3) is 0.273. The third-order valence-electron chi connectivity index (χ3n) is 4.46. The Labute approximate surface area is 196 Å². The SMILES string of the molecule is CCNc1nc(-c2ccc(NC(=O)NCc3ccc(N)nc3)cc2)sc1C(=O)NCCOC. The zero-order valence-electron chi connectivity index (χ0n) is 18.5. The number of carbonyl (C=O) groups is 2. The molecule has 0 unspecified atom stereocenters. The van der Waals surface area contributed by atoms with Gasteiger partial charge in [-0.15, -0.1) is 11.3 Å². The number of hydrogen-bond acceptors (Lipinski definition) is 8. The van der Waals surface area contributed by atoms with Gasteiger partial charge in [0.25, 0.3) is 5.91 Å². The molecule has 0 radical (unpaired) electrons. The van der Waals surface area contributed by atoms with Crippen LogP contribution in [0.25, 0.3) is 10.6 Å². The molecule has 0 saturated carbocycles. The van der Waals surface area contributed by atoms with E-state index in [1.165, 1.54) is 11.3 Å². The zero-order valence-corrected chi connectivity index (χ0v) is 19.3. The van der Waals surface area contributed by atoms with Crippen molar-refractivity contribution in [2.75, 3.05) is 43.2 Å². The third-order valence-corrected chi connectivity index (χ3v) is 5.56. The molecule has 2 heterocycles. The van der Waals surface area contributed by atoms with Crippen LogP contribution in [0.5, 0.6) is 0 Å². The number of hydrogen-bond donors (Lipinski definition) is 5. The third kappa shape index (κ3) is 6.89. The summed E-state index contributed by atoms with van der Waals surface area (Å²) in [4.78, 5) is 33.8. The second-order valence-electron chi connectivity index (χ2n) is 6.95. The first-order valence-corrected chi connectivity index (χ1v) is 11.2. The van der Waals surface area contributed by atoms with Crippen molar-refractivity contribution in [1.29, 1.82) is 0 Å². The number of urea groups is 1. The van der Waals surface area contributed by atoms with E-state index in [0.717, 1.165) is 11.1 Å². The molecule has 0 bridgehead atoms. The number of benzene rings is 1. The molecule has 0 fully saturated rings. The molecule has 174 valence electrons. The first kappa shape index (κ1) is 24.0. The molecule has 0 atom stereocenters. The highest BCUT2D eigenvalue weighted by Crippen LogP contribution is 2.31. The Kier molecular flexibility index (Phi) is 8.56. The van der Waals surface area contributed by atoms with Crippen molar-refractivity contribution < 1.29 is 14.3 Å². The molecule has 0 spiro atoms. The van der Waals surface area contributed by atoms with Gasteiger partial charge in [0, 0.05) is 44.2 Å². The van der Waals surface area contributed by atoms with Crippen molar-refractivity contribution >= 4 is 40.6 Å². The fourth-order valence-corrected chi connectivity index (χ4v) is 3.79. The standard InChI is InChI=1S/C22H27N7O3S/c1-3-24-19-18(20(30)25-10-11-32-2)33-21(29-19)15-5-7-16(8-6-15)28-22(31)27-13-14-4-9-17(23)26-12-14/h4-9,12,24H,3,10-11,13H2,1-2H3,(H2,23,26)(H,25,30)(H2,27,28,31). The van der Waals surface area contributed by atoms with E-state index in [9.17, 15) is 9.59 Å². The quantitative estimate of drug-likeness (QED) is 0.287. The van der Waals surface area contributed by atoms with Gasteiger partial charge >= 0.3 is 6.03 Å². The van der Waals surface area contributed by atoms with Gasteiger partial charge in [0.05, 0.1) is 6.61 Å². The van der Waals surface area contributed by atoms with Crippen LogP contribution in [0.3, 0.4) is 0 Å². The molecular formula is C22H27N7O3S. The zero-order chi connectivity index (χ0) is 23.6. The number of nitrogens with zero attached hydrogens (tertiary/aromatic N) is 2. The van der Waals surface area contributed by atoms with Crippen LogP contribution >= 0.6 is 11.3 Å². The summed E-state index contributed by atoms with van der Waals surface area (Å²) in [5, 5.41) is 12.2. The van der Waals surface area contributed by atoms with Crippen LogP contribution in [0.1, 0.15) is 22.2 Å². The second-order valence-corrected chi connectivity index (χ2v) is 7.95. The molecular weight excluding hydrogens is 442 g/mol. The molecule has 2 aromatic heterocycles. The van der Waals surface area contributed by atoms with E-state index >= 15 is 0 Å². The van der Waals surface area contributed by atoms with Crippen molar-refractivity contribution in [2.45, 2.75) is 13.5 Å². The van der Waals surface area contributed by atoms with Gasteiger partial charge in [-0.3, -0.25) is 4.79 Å². The number of methoxy groups -OCH3 is 1. The normalized spacial score (nSPS) is 10.5. The van der Waals surface area contributed by atoms with Gasteiger partial charge in [0.2, 0.25) is 0 Å². The lowest BCUT2D eigenvalue weighted by molar-refractivity contribution is 0.0941. The maximum absolute atomic E-state index is 12.5. The molecule has 0 aliphatic rings. The second kappa shape index (κ2) is 11.8. The fourth-order valence-electron chi connectivity index (χ4n) is 2.83. The van der Waals surface area contributed by atoms with Gasteiger partial charge < -0.3 is 31.7 Å². The Hall–Kier alpha value is -3.70. The van der Waals surface area contributed by atoms with Gasteiger partial charge in [0.1, 0.15) is 15.7 Å². The van der Waals surface area contributed by atoms with Crippen molar-refractivity contribution in [1.82, 2.24) is 20.6 Å².